The summed E-state index contributed by atoms with van der Waals surface area (Å²) in [6.45, 7) is 1.92. The Morgan fingerprint density at radius 1 is 1.10 bits per heavy atom. The van der Waals surface area contributed by atoms with Gasteiger partial charge in [0.05, 0.1) is 22.4 Å². The molecule has 0 saturated heterocycles. The maximum atomic E-state index is 11.8. The number of carbonyl (C=O) groups is 1. The summed E-state index contributed by atoms with van der Waals surface area (Å²) in [5, 5.41) is 17.1. The van der Waals surface area contributed by atoms with Crippen LogP contribution in [-0.2, 0) is 0 Å². The van der Waals surface area contributed by atoms with Gasteiger partial charge in [0.25, 0.3) is 5.91 Å². The number of carbonyl (C=O) groups excluding carboxylic acids is 1. The number of hydrogen-bond acceptors (Lipinski definition) is 7. The second-order valence-corrected chi connectivity index (χ2v) is 8.03. The lowest BCUT2D eigenvalue weighted by molar-refractivity contribution is 0.0958. The van der Waals surface area contributed by atoms with Gasteiger partial charge in [-0.2, -0.15) is 0 Å². The zero-order chi connectivity index (χ0) is 21.8. The Hall–Kier alpha value is -3.49. The molecule has 2 heterocycles. The lowest BCUT2D eigenvalue weighted by Gasteiger charge is -2.20. The van der Waals surface area contributed by atoms with Gasteiger partial charge in [-0.05, 0) is 30.7 Å². The fourth-order valence-electron chi connectivity index (χ4n) is 3.11. The molecule has 0 radical (unpaired) electrons. The molecule has 8 heteroatoms. The number of aliphatic hydroxyl groups excluding tert-OH is 1. The number of amides is 1. The number of rotatable bonds is 7. The summed E-state index contributed by atoms with van der Waals surface area (Å²) in [5.41, 5.74) is 1.98. The van der Waals surface area contributed by atoms with Crippen LogP contribution >= 0.6 is 11.3 Å². The molecule has 0 fully saturated rings. The number of anilines is 1. The maximum Gasteiger partial charge on any atom is 0.269 e. The quantitative estimate of drug-likeness (QED) is 0.400. The predicted molar refractivity (Wildman–Crippen MR) is 122 cm³/mol. The monoisotopic (exact) mass is 434 g/mol. The number of pyridine rings is 1. The SMILES string of the molecule is CNC(=O)c1cc(Oc2ccc3nc(N[C@@H](C)[C@H](O)c4ccccc4)sc3c2)ccn1. The summed E-state index contributed by atoms with van der Waals surface area (Å²) in [6.07, 6.45) is 0.889. The van der Waals surface area contributed by atoms with Gasteiger partial charge in [-0.3, -0.25) is 9.78 Å². The second kappa shape index (κ2) is 9.11. The molecule has 1 amide bonds. The molecule has 158 valence electrons. The van der Waals surface area contributed by atoms with Crippen molar-refractivity contribution in [1.29, 1.82) is 0 Å². The van der Waals surface area contributed by atoms with Crippen LogP contribution in [0, 0.1) is 0 Å². The first-order valence-corrected chi connectivity index (χ1v) is 10.6. The average molecular weight is 435 g/mol. The van der Waals surface area contributed by atoms with Gasteiger partial charge in [-0.1, -0.05) is 41.7 Å². The number of aromatic nitrogens is 2. The van der Waals surface area contributed by atoms with Gasteiger partial charge < -0.3 is 20.5 Å². The van der Waals surface area contributed by atoms with E-state index < -0.39 is 6.10 Å². The van der Waals surface area contributed by atoms with Gasteiger partial charge in [0.1, 0.15) is 17.2 Å². The minimum atomic E-state index is -0.645. The molecule has 2 atom stereocenters. The molecule has 0 saturated carbocycles. The summed E-state index contributed by atoms with van der Waals surface area (Å²) in [6, 6.07) is 18.2. The Morgan fingerprint density at radius 2 is 1.87 bits per heavy atom. The number of ether oxygens (including phenoxy) is 1. The van der Waals surface area contributed by atoms with Crippen LogP contribution in [0.5, 0.6) is 11.5 Å². The second-order valence-electron chi connectivity index (χ2n) is 7.00. The molecular weight excluding hydrogens is 412 g/mol. The highest BCUT2D eigenvalue weighted by Crippen LogP contribution is 2.32. The molecule has 4 rings (SSSR count). The van der Waals surface area contributed by atoms with Crippen molar-refractivity contribution in [2.75, 3.05) is 12.4 Å². The fraction of sp³-hybridized carbons (Fsp3) is 0.174. The van der Waals surface area contributed by atoms with Crippen LogP contribution in [0.15, 0.2) is 66.9 Å². The Morgan fingerprint density at radius 3 is 2.65 bits per heavy atom. The molecule has 0 unspecified atom stereocenters. The molecule has 0 aliphatic carbocycles. The summed E-state index contributed by atoms with van der Waals surface area (Å²) in [7, 11) is 1.56. The predicted octanol–water partition coefficient (Wildman–Crippen LogP) is 4.38. The lowest BCUT2D eigenvalue weighted by atomic mass is 10.0. The van der Waals surface area contributed by atoms with Gasteiger partial charge >= 0.3 is 0 Å². The zero-order valence-electron chi connectivity index (χ0n) is 17.1. The number of hydrogen-bond donors (Lipinski definition) is 3. The molecule has 0 aliphatic rings. The minimum absolute atomic E-state index is 0.210. The number of fused-ring (bicyclic) bond motifs is 1. The van der Waals surface area contributed by atoms with E-state index in [1.165, 1.54) is 17.5 Å². The first-order valence-electron chi connectivity index (χ1n) is 9.79. The molecular formula is C23H22N4O3S. The van der Waals surface area contributed by atoms with Crippen LogP contribution in [0.3, 0.4) is 0 Å². The number of nitrogens with zero attached hydrogens (tertiary/aromatic N) is 2. The van der Waals surface area contributed by atoms with Crippen molar-refractivity contribution < 1.29 is 14.6 Å². The van der Waals surface area contributed by atoms with Crippen molar-refractivity contribution in [3.05, 3.63) is 78.1 Å². The average Bonchev–Trinajstić information content (AvgIpc) is 3.20. The van der Waals surface area contributed by atoms with Gasteiger partial charge in [-0.25, -0.2) is 4.98 Å². The molecule has 0 aliphatic heterocycles. The standard InChI is InChI=1S/C23H22N4O3S/c1-14(21(28)15-6-4-3-5-7-15)26-23-27-18-9-8-16(13-20(18)31-23)30-17-10-11-25-19(12-17)22(29)24-2/h3-14,21,28H,1-2H3,(H,24,29)(H,26,27)/t14-,21-/m0/s1. The fourth-order valence-corrected chi connectivity index (χ4v) is 4.10. The molecule has 7 nitrogen and oxygen atoms in total. The van der Waals surface area contributed by atoms with Crippen molar-refractivity contribution in [2.45, 2.75) is 19.1 Å². The van der Waals surface area contributed by atoms with Crippen LogP contribution in [0.2, 0.25) is 0 Å². The molecule has 31 heavy (non-hydrogen) atoms. The van der Waals surface area contributed by atoms with Crippen LogP contribution in [-0.4, -0.2) is 34.1 Å². The Bertz CT molecular complexity index is 1200. The number of benzene rings is 2. The smallest absolute Gasteiger partial charge is 0.269 e. The topological polar surface area (TPSA) is 96.4 Å². The largest absolute Gasteiger partial charge is 0.457 e. The van der Waals surface area contributed by atoms with Crippen molar-refractivity contribution in [3.63, 3.8) is 0 Å². The van der Waals surface area contributed by atoms with Crippen LogP contribution in [0.1, 0.15) is 29.1 Å². The highest BCUT2D eigenvalue weighted by Gasteiger charge is 2.17. The summed E-state index contributed by atoms with van der Waals surface area (Å²) >= 11 is 1.48. The highest BCUT2D eigenvalue weighted by molar-refractivity contribution is 7.22. The van der Waals surface area contributed by atoms with Crippen molar-refractivity contribution in [2.24, 2.45) is 0 Å². The molecule has 0 spiro atoms. The Kier molecular flexibility index (Phi) is 6.11. The van der Waals surface area contributed by atoms with Crippen molar-refractivity contribution in [1.82, 2.24) is 15.3 Å². The van der Waals surface area contributed by atoms with E-state index in [9.17, 15) is 9.90 Å². The van der Waals surface area contributed by atoms with E-state index in [2.05, 4.69) is 20.6 Å². The molecule has 3 N–H and O–H groups in total. The van der Waals surface area contributed by atoms with E-state index in [0.29, 0.717) is 11.5 Å². The van der Waals surface area contributed by atoms with Gasteiger partial charge in [-0.15, -0.1) is 0 Å². The maximum absolute atomic E-state index is 11.8. The van der Waals surface area contributed by atoms with E-state index in [0.717, 1.165) is 20.9 Å². The van der Waals surface area contributed by atoms with Crippen LogP contribution in [0.25, 0.3) is 10.2 Å². The van der Waals surface area contributed by atoms with E-state index in [1.54, 1.807) is 19.2 Å². The van der Waals surface area contributed by atoms with Gasteiger partial charge in [0, 0.05) is 25.4 Å². The zero-order valence-corrected chi connectivity index (χ0v) is 17.9. The van der Waals surface area contributed by atoms with E-state index in [-0.39, 0.29) is 17.6 Å². The molecule has 2 aromatic carbocycles. The molecule has 2 aromatic heterocycles. The number of nitrogens with one attached hydrogen (secondary N) is 2. The number of thiazole rings is 1. The molecule has 0 bridgehead atoms. The van der Waals surface area contributed by atoms with Crippen LogP contribution < -0.4 is 15.4 Å². The summed E-state index contributed by atoms with van der Waals surface area (Å²) in [5.74, 6) is 0.885. The third-order valence-electron chi connectivity index (χ3n) is 4.75. The van der Waals surface area contributed by atoms with E-state index in [1.807, 2.05) is 55.5 Å². The van der Waals surface area contributed by atoms with Crippen LogP contribution in [0.4, 0.5) is 5.13 Å². The Labute approximate surface area is 183 Å². The van der Waals surface area contributed by atoms with Crippen molar-refractivity contribution in [3.8, 4) is 11.5 Å². The van der Waals surface area contributed by atoms with E-state index in [4.69, 9.17) is 4.74 Å². The van der Waals surface area contributed by atoms with E-state index >= 15 is 0 Å². The first-order chi connectivity index (χ1) is 15.0. The summed E-state index contributed by atoms with van der Waals surface area (Å²) in [4.78, 5) is 20.4. The lowest BCUT2D eigenvalue weighted by Crippen LogP contribution is -2.23. The van der Waals surface area contributed by atoms with Crippen molar-refractivity contribution >= 4 is 32.6 Å². The highest BCUT2D eigenvalue weighted by atomic mass is 32.1. The third kappa shape index (κ3) is 4.82. The summed E-state index contributed by atoms with van der Waals surface area (Å²) < 4.78 is 6.85. The Balaban J connectivity index is 1.49. The number of aliphatic hydroxyl groups is 1. The van der Waals surface area contributed by atoms with Gasteiger partial charge in [0.15, 0.2) is 5.13 Å². The minimum Gasteiger partial charge on any atom is -0.457 e. The normalized spacial score (nSPS) is 12.9. The third-order valence-corrected chi connectivity index (χ3v) is 5.70. The first kappa shape index (κ1) is 20.8. The van der Waals surface area contributed by atoms with Gasteiger partial charge in [0.2, 0.25) is 0 Å². The molecule has 4 aromatic rings.